The van der Waals surface area contributed by atoms with Gasteiger partial charge in [-0.3, -0.25) is 19.3 Å². The highest BCUT2D eigenvalue weighted by Crippen LogP contribution is 2.34. The van der Waals surface area contributed by atoms with Gasteiger partial charge in [0.2, 0.25) is 5.91 Å². The molecule has 12 heteroatoms. The molecule has 6 rings (SSSR count). The number of carboxylic acids is 1. The van der Waals surface area contributed by atoms with Gasteiger partial charge in [0.25, 0.3) is 5.91 Å². The summed E-state index contributed by atoms with van der Waals surface area (Å²) in [5, 5.41) is 15.6. The van der Waals surface area contributed by atoms with Gasteiger partial charge in [0.05, 0.1) is 54.0 Å². The Labute approximate surface area is 282 Å². The van der Waals surface area contributed by atoms with Gasteiger partial charge in [-0.15, -0.1) is 11.3 Å². The molecular weight excluding hydrogens is 649 g/mol. The quantitative estimate of drug-likeness (QED) is 0.270. The van der Waals surface area contributed by atoms with E-state index in [1.165, 1.54) is 11.3 Å². The number of carbonyl (C=O) groups is 3. The summed E-state index contributed by atoms with van der Waals surface area (Å²) >= 11 is 14.8. The van der Waals surface area contributed by atoms with Crippen molar-refractivity contribution >= 4 is 68.1 Å². The largest absolute Gasteiger partial charge is 0.481 e. The predicted molar refractivity (Wildman–Crippen MR) is 180 cm³/mol. The van der Waals surface area contributed by atoms with Crippen molar-refractivity contribution in [2.24, 2.45) is 5.92 Å². The van der Waals surface area contributed by atoms with Gasteiger partial charge in [0, 0.05) is 52.8 Å². The number of thiophene rings is 1. The Kier molecular flexibility index (Phi) is 10.8. The molecule has 3 aliphatic rings. The maximum Gasteiger partial charge on any atom is 0.306 e. The van der Waals surface area contributed by atoms with E-state index in [2.05, 4.69) is 10.2 Å². The van der Waals surface area contributed by atoms with Gasteiger partial charge in [-0.2, -0.15) is 0 Å². The third-order valence-electron chi connectivity index (χ3n) is 9.49. The van der Waals surface area contributed by atoms with Crippen LogP contribution in [0.3, 0.4) is 0 Å². The lowest BCUT2D eigenvalue weighted by Gasteiger charge is -2.30. The first-order valence-corrected chi connectivity index (χ1v) is 17.6. The van der Waals surface area contributed by atoms with E-state index in [-0.39, 0.29) is 42.3 Å². The average Bonchev–Trinajstić information content (AvgIpc) is 3.58. The molecule has 2 aliphatic heterocycles. The van der Waals surface area contributed by atoms with Crippen LogP contribution in [0.15, 0.2) is 41.8 Å². The summed E-state index contributed by atoms with van der Waals surface area (Å²) in [6.07, 6.45) is 4.48. The zero-order valence-corrected chi connectivity index (χ0v) is 27.9. The second-order valence-electron chi connectivity index (χ2n) is 12.4. The average molecular weight is 689 g/mol. The minimum Gasteiger partial charge on any atom is -0.481 e. The van der Waals surface area contributed by atoms with Crippen molar-refractivity contribution in [2.75, 3.05) is 44.8 Å². The Morgan fingerprint density at radius 3 is 2.65 bits per heavy atom. The monoisotopic (exact) mass is 687 g/mol. The number of fused-ring (bicyclic) bond motifs is 1. The van der Waals surface area contributed by atoms with Gasteiger partial charge in [-0.05, 0) is 62.3 Å². The number of carboxylic acid groups (broad SMARTS) is 1. The van der Waals surface area contributed by atoms with Crippen LogP contribution in [0, 0.1) is 5.92 Å². The number of hydrogen-bond acceptors (Lipinski definition) is 7. The number of aliphatic carboxylic acids is 1. The van der Waals surface area contributed by atoms with Crippen LogP contribution in [0.1, 0.15) is 54.4 Å². The normalized spacial score (nSPS) is 24.2. The summed E-state index contributed by atoms with van der Waals surface area (Å²) < 4.78 is 13.0. The first-order chi connectivity index (χ1) is 22.3. The molecule has 1 aliphatic carbocycles. The van der Waals surface area contributed by atoms with E-state index in [0.717, 1.165) is 42.6 Å². The number of ether oxygens (including phenoxy) is 2. The zero-order chi connectivity index (χ0) is 32.2. The molecule has 246 valence electrons. The first-order valence-electron chi connectivity index (χ1n) is 16.0. The lowest BCUT2D eigenvalue weighted by molar-refractivity contribution is -0.144. The molecule has 2 N–H and O–H groups in total. The summed E-state index contributed by atoms with van der Waals surface area (Å²) in [5.74, 6) is -1.37. The van der Waals surface area contributed by atoms with E-state index in [1.807, 2.05) is 34.5 Å². The lowest BCUT2D eigenvalue weighted by atomic mass is 9.87. The maximum atomic E-state index is 13.9. The van der Waals surface area contributed by atoms with Crippen molar-refractivity contribution < 1.29 is 29.0 Å². The minimum absolute atomic E-state index is 0.00117. The Bertz CT molecular complexity index is 1570. The third-order valence-corrected chi connectivity index (χ3v) is 11.1. The molecule has 1 saturated carbocycles. The van der Waals surface area contributed by atoms with Crippen molar-refractivity contribution in [1.29, 1.82) is 0 Å². The van der Waals surface area contributed by atoms with Crippen molar-refractivity contribution in [3.05, 3.63) is 63.0 Å². The number of nitrogens with one attached hydrogen (secondary N) is 1. The molecule has 2 saturated heterocycles. The van der Waals surface area contributed by atoms with Crippen LogP contribution in [0.25, 0.3) is 10.1 Å². The number of hydrogen-bond donors (Lipinski definition) is 2. The Balaban J connectivity index is 1.13. The smallest absolute Gasteiger partial charge is 0.306 e. The molecule has 2 amide bonds. The molecule has 0 unspecified atom stereocenters. The van der Waals surface area contributed by atoms with Crippen molar-refractivity contribution in [3.63, 3.8) is 0 Å². The Morgan fingerprint density at radius 2 is 1.85 bits per heavy atom. The van der Waals surface area contributed by atoms with Gasteiger partial charge in [-0.25, -0.2) is 0 Å². The van der Waals surface area contributed by atoms with Crippen LogP contribution < -0.4 is 5.32 Å². The predicted octanol–water partition coefficient (Wildman–Crippen LogP) is 6.35. The molecule has 9 nitrogen and oxygen atoms in total. The number of halogens is 2. The lowest BCUT2D eigenvalue weighted by Crippen LogP contribution is -2.42. The second-order valence-corrected chi connectivity index (χ2v) is 14.2. The Hall–Kier alpha value is -2.73. The van der Waals surface area contributed by atoms with E-state index >= 15 is 0 Å². The number of carbonyl (C=O) groups excluding carboxylic acids is 2. The van der Waals surface area contributed by atoms with E-state index in [4.69, 9.17) is 32.7 Å². The van der Waals surface area contributed by atoms with E-state index in [0.29, 0.717) is 72.3 Å². The molecule has 0 radical (unpaired) electrons. The number of amides is 2. The summed E-state index contributed by atoms with van der Waals surface area (Å²) in [5.41, 5.74) is 1.54. The summed E-state index contributed by atoms with van der Waals surface area (Å²) in [6, 6.07) is 11.1. The zero-order valence-electron chi connectivity index (χ0n) is 25.6. The van der Waals surface area contributed by atoms with Gasteiger partial charge < -0.3 is 24.8 Å². The van der Waals surface area contributed by atoms with Gasteiger partial charge in [0.15, 0.2) is 0 Å². The molecule has 0 bridgehead atoms. The first kappa shape index (κ1) is 33.2. The highest BCUT2D eigenvalue weighted by molar-refractivity contribution is 7.17. The third kappa shape index (κ3) is 7.69. The Morgan fingerprint density at radius 1 is 1.04 bits per heavy atom. The minimum atomic E-state index is -0.736. The fraction of sp³-hybridized carbons (Fsp3) is 0.500. The van der Waals surface area contributed by atoms with Crippen LogP contribution in [0.5, 0.6) is 0 Å². The van der Waals surface area contributed by atoms with Crippen LogP contribution in [0.4, 0.5) is 5.69 Å². The number of rotatable bonds is 9. The standard InChI is InChI=1S/C34H39Cl2N3O6S/c35-28-17-30(37-33(41)27-20-46-31-5-2-1-4-26(27)31)29(36)14-22(28)15-32(40)39-18-23(38-10-3-12-44-13-11-38)16-24(39)19-45-25-8-6-21(7-9-25)34(42)43/h1-2,4-5,14,17,20-21,23-25H,3,6-13,15-16,18-19H2,(H,37,41)(H,42,43)/t21?,23-,24-,25?/m0/s1. The van der Waals surface area contributed by atoms with Crippen LogP contribution in [0.2, 0.25) is 10.0 Å². The highest BCUT2D eigenvalue weighted by atomic mass is 35.5. The number of benzene rings is 2. The molecule has 2 atom stereocenters. The van der Waals surface area contributed by atoms with Crippen molar-refractivity contribution in [1.82, 2.24) is 9.80 Å². The maximum absolute atomic E-state index is 13.9. The van der Waals surface area contributed by atoms with Crippen LogP contribution in [-0.4, -0.2) is 90.3 Å². The summed E-state index contributed by atoms with van der Waals surface area (Å²) in [7, 11) is 0. The van der Waals surface area contributed by atoms with E-state index in [1.54, 1.807) is 12.1 Å². The molecule has 3 aromatic rings. The fourth-order valence-electron chi connectivity index (χ4n) is 6.90. The number of likely N-dealkylation sites (tertiary alicyclic amines) is 1. The topological polar surface area (TPSA) is 108 Å². The molecule has 1 aromatic heterocycles. The summed E-state index contributed by atoms with van der Waals surface area (Å²) in [4.78, 5) is 42.7. The fourth-order valence-corrected chi connectivity index (χ4v) is 8.31. The van der Waals surface area contributed by atoms with E-state index in [9.17, 15) is 19.5 Å². The molecule has 46 heavy (non-hydrogen) atoms. The van der Waals surface area contributed by atoms with Crippen LogP contribution in [-0.2, 0) is 25.5 Å². The SMILES string of the molecule is O=C(Nc1cc(Cl)c(CC(=O)N2C[C@@H](N3CCCOCC3)C[C@H]2COC2CCC(C(=O)O)CC2)cc1Cl)c1csc2ccccc12. The summed E-state index contributed by atoms with van der Waals surface area (Å²) in [6.45, 7) is 4.18. The van der Waals surface area contributed by atoms with Gasteiger partial charge in [-0.1, -0.05) is 41.4 Å². The molecule has 3 fully saturated rings. The molecule has 2 aromatic carbocycles. The van der Waals surface area contributed by atoms with Gasteiger partial charge in [0.1, 0.15) is 0 Å². The van der Waals surface area contributed by atoms with E-state index < -0.39 is 5.97 Å². The molecular formula is C34H39Cl2N3O6S. The molecule has 0 spiro atoms. The van der Waals surface area contributed by atoms with Crippen molar-refractivity contribution in [3.8, 4) is 0 Å². The number of anilines is 1. The van der Waals surface area contributed by atoms with Crippen LogP contribution >= 0.6 is 34.5 Å². The van der Waals surface area contributed by atoms with Gasteiger partial charge >= 0.3 is 5.97 Å². The molecule has 3 heterocycles. The second kappa shape index (κ2) is 15.0. The van der Waals surface area contributed by atoms with Crippen molar-refractivity contribution in [2.45, 2.75) is 63.1 Å². The highest BCUT2D eigenvalue weighted by Gasteiger charge is 2.39. The number of nitrogens with zero attached hydrogens (tertiary/aromatic N) is 2.